The lowest BCUT2D eigenvalue weighted by molar-refractivity contribution is -0.160. The van der Waals surface area contributed by atoms with Crippen LogP contribution in [0, 0.1) is 56.3 Å². The van der Waals surface area contributed by atoms with Crippen molar-refractivity contribution in [3.8, 4) is 0 Å². The number of carbonyl (C=O) groups excluding carboxylic acids is 1. The maximum atomic E-state index is 12.6. The third-order valence-corrected chi connectivity index (χ3v) is 12.0. The summed E-state index contributed by atoms with van der Waals surface area (Å²) in [6.45, 7) is -0.357. The molecular weight excluding hydrogens is 1080 g/mol. The van der Waals surface area contributed by atoms with E-state index in [-0.39, 0.29) is 12.5 Å². The summed E-state index contributed by atoms with van der Waals surface area (Å²) < 4.78 is 94.2. The number of carboxylic acid groups (broad SMARTS) is 8. The zero-order valence-electron chi connectivity index (χ0n) is 32.4. The van der Waals surface area contributed by atoms with Gasteiger partial charge in [-0.3, -0.25) is 42.9 Å². The number of aliphatic carboxylic acids is 7. The third kappa shape index (κ3) is 17.5. The lowest BCUT2D eigenvalue weighted by Gasteiger charge is -2.29. The Hall–Kier alpha value is -6.38. The fraction of sp³-hybridized carbons (Fsp3) is 0.250. The minimum atomic E-state index is -5.52. The first-order chi connectivity index (χ1) is 30.4. The van der Waals surface area contributed by atoms with Crippen LogP contribution >= 0.6 is 45.3 Å². The molecule has 0 spiro atoms. The monoisotopic (exact) mass is 1110 g/mol. The van der Waals surface area contributed by atoms with Crippen LogP contribution in [0.25, 0.3) is 9.40 Å². The van der Waals surface area contributed by atoms with E-state index in [1.165, 1.54) is 11.3 Å². The Morgan fingerprint density at radius 2 is 1.11 bits per heavy atom. The maximum Gasteiger partial charge on any atom is 0.345 e. The summed E-state index contributed by atoms with van der Waals surface area (Å²) in [4.78, 5) is 92.6. The lowest BCUT2D eigenvalue weighted by atomic mass is 9.74. The Morgan fingerprint density at radius 1 is 0.667 bits per heavy atom. The zero-order valence-corrected chi connectivity index (χ0v) is 37.0. The van der Waals surface area contributed by atoms with Crippen molar-refractivity contribution in [2.75, 3.05) is 6.54 Å². The predicted octanol–water partition coefficient (Wildman–Crippen LogP) is 4.91. The van der Waals surface area contributed by atoms with E-state index in [1.807, 2.05) is 40.1 Å². The van der Waals surface area contributed by atoms with Crippen molar-refractivity contribution in [1.29, 1.82) is 0 Å². The van der Waals surface area contributed by atoms with Crippen molar-refractivity contribution in [3.63, 3.8) is 0 Å². The summed E-state index contributed by atoms with van der Waals surface area (Å²) in [5.74, 6) is -27.9. The van der Waals surface area contributed by atoms with Gasteiger partial charge in [-0.05, 0) is 65.1 Å². The molecule has 1 fully saturated rings. The molecule has 5 rings (SSSR count). The largest absolute Gasteiger partial charge is 0.481 e. The number of fused-ring (bicyclic) bond motifs is 1. The number of benzene rings is 2. The Morgan fingerprint density at radius 3 is 1.44 bits per heavy atom. The van der Waals surface area contributed by atoms with Gasteiger partial charge < -0.3 is 46.2 Å². The quantitative estimate of drug-likeness (QED) is 0.0263. The molecule has 66 heavy (non-hydrogen) atoms. The molecule has 0 radical (unpaired) electrons. The first-order valence-corrected chi connectivity index (χ1v) is 21.4. The van der Waals surface area contributed by atoms with Crippen molar-refractivity contribution in [2.45, 2.75) is 30.6 Å². The Bertz CT molecular complexity index is 2490. The fourth-order valence-corrected chi connectivity index (χ4v) is 8.06. The van der Waals surface area contributed by atoms with Gasteiger partial charge in [0.2, 0.25) is 5.82 Å². The lowest BCUT2D eigenvalue weighted by Crippen LogP contribution is -2.37. The molecule has 0 saturated heterocycles. The van der Waals surface area contributed by atoms with Gasteiger partial charge in [-0.1, -0.05) is 12.1 Å². The van der Waals surface area contributed by atoms with Gasteiger partial charge in [0, 0.05) is 13.0 Å². The van der Waals surface area contributed by atoms with E-state index in [0.717, 1.165) is 13.0 Å². The van der Waals surface area contributed by atoms with Crippen LogP contribution in [0.4, 0.5) is 22.0 Å². The van der Waals surface area contributed by atoms with Gasteiger partial charge in [0.05, 0.1) is 42.1 Å². The van der Waals surface area contributed by atoms with Crippen LogP contribution in [0.15, 0.2) is 46.7 Å². The van der Waals surface area contributed by atoms with E-state index in [0.29, 0.717) is 23.3 Å². The van der Waals surface area contributed by atoms with Crippen LogP contribution in [0.5, 0.6) is 0 Å². The molecule has 1 aliphatic rings. The van der Waals surface area contributed by atoms with E-state index in [9.17, 15) is 73.5 Å². The molecule has 2 aromatic heterocycles. The van der Waals surface area contributed by atoms with Crippen LogP contribution in [-0.2, 0) is 43.7 Å². The molecule has 0 aliphatic heterocycles. The SMILES string of the molecule is O=C(O)CNC(=O)c1ccccc1I.O=C(O)C[C@H](C(=O)O)[C@@H](CC(=O)O)C(=O)O.O=C(O)[C@H]1CC[C@H]1C(=O)O.O=C(O)c1cc2sccc2s1.O=S(=O)(O)c1c(F)c(F)c(F)c(F)c1F. The molecule has 4 atom stereocenters. The van der Waals surface area contributed by atoms with Gasteiger partial charge in [0.15, 0.2) is 28.2 Å². The van der Waals surface area contributed by atoms with Crippen LogP contribution in [0.1, 0.15) is 45.7 Å². The van der Waals surface area contributed by atoms with E-state index in [2.05, 4.69) is 5.32 Å². The Kier molecular flexibility index (Phi) is 22.7. The maximum absolute atomic E-state index is 12.6. The van der Waals surface area contributed by atoms with E-state index in [4.69, 9.17) is 45.4 Å². The number of amides is 1. The van der Waals surface area contributed by atoms with Crippen LogP contribution in [0.3, 0.4) is 0 Å². The molecular formula is C36H31F5INO20S3. The highest BCUT2D eigenvalue weighted by Crippen LogP contribution is 2.34. The zero-order chi connectivity index (χ0) is 51.0. The number of hydrogen-bond donors (Lipinski definition) is 10. The van der Waals surface area contributed by atoms with Crippen molar-refractivity contribution in [3.05, 3.63) is 84.9 Å². The minimum Gasteiger partial charge on any atom is -0.481 e. The Labute approximate surface area is 386 Å². The number of aromatic carboxylic acids is 1. The summed E-state index contributed by atoms with van der Waals surface area (Å²) in [7, 11) is -5.52. The summed E-state index contributed by atoms with van der Waals surface area (Å²) in [5, 5.41) is 72.1. The number of hydrogen-bond acceptors (Lipinski definition) is 13. The highest BCUT2D eigenvalue weighted by atomic mass is 127. The van der Waals surface area contributed by atoms with Gasteiger partial charge in [-0.25, -0.2) is 26.7 Å². The average Bonchev–Trinajstić information content (AvgIpc) is 3.80. The highest BCUT2D eigenvalue weighted by Gasteiger charge is 2.41. The Balaban J connectivity index is 0.000000416. The van der Waals surface area contributed by atoms with Crippen LogP contribution in [-0.4, -0.2) is 114 Å². The molecule has 0 bridgehead atoms. The molecule has 2 heterocycles. The smallest absolute Gasteiger partial charge is 0.345 e. The number of rotatable bonds is 14. The topological polar surface area (TPSA) is 382 Å². The summed E-state index contributed by atoms with van der Waals surface area (Å²) in [6.07, 6.45) is -0.849. The standard InChI is InChI=1S/C9H8INO3.C8H10O8.C7H4O2S2.C6HF5O3S.C6H8O4/c10-7-4-2-1-3-6(7)9(14)11-5-8(12)13;9-5(10)1-3(7(13)14)4(8(15)16)2-6(11)12;8-7(9)6-3-5-4(11-6)1-2-10-5;7-1-2(8)4(10)6(15(12,13)14)5(11)3(1)9;7-5(8)3-1-2-4(3)6(9)10/h1-4H,5H2,(H,11,14)(H,12,13);3-4H,1-2H2,(H,9,10)(H,11,12)(H,13,14)(H,15,16);1-3H,(H,8,9);(H,12,13,14);3-4H,1-2H2,(H,7,8)(H,9,10)/t;3-,4+;;;3-,4+. The number of thiophene rings is 2. The highest BCUT2D eigenvalue weighted by molar-refractivity contribution is 14.1. The predicted molar refractivity (Wildman–Crippen MR) is 220 cm³/mol. The second-order valence-corrected chi connectivity index (χ2v) is 17.1. The number of nitrogens with one attached hydrogen (secondary N) is 1. The van der Waals surface area contributed by atoms with Gasteiger partial charge in [0.1, 0.15) is 11.4 Å². The van der Waals surface area contributed by atoms with Crippen LogP contribution in [0.2, 0.25) is 0 Å². The van der Waals surface area contributed by atoms with Gasteiger partial charge in [-0.2, -0.15) is 8.42 Å². The van der Waals surface area contributed by atoms with Gasteiger partial charge in [0.25, 0.3) is 5.91 Å². The number of halogens is 6. The normalized spacial score (nSPS) is 14.5. The molecule has 21 nitrogen and oxygen atoms in total. The van der Waals surface area contributed by atoms with E-state index < -0.39 is 128 Å². The summed E-state index contributed by atoms with van der Waals surface area (Å²) in [6, 6.07) is 10.6. The molecule has 1 amide bonds. The van der Waals surface area contributed by atoms with Gasteiger partial charge in [-0.15, -0.1) is 22.7 Å². The second kappa shape index (κ2) is 25.9. The van der Waals surface area contributed by atoms with Crippen molar-refractivity contribution in [1.82, 2.24) is 5.32 Å². The summed E-state index contributed by atoms with van der Waals surface area (Å²) in [5.41, 5.74) is 0.495. The second-order valence-electron chi connectivity index (χ2n) is 12.5. The first-order valence-electron chi connectivity index (χ1n) is 17.2. The van der Waals surface area contributed by atoms with E-state index >= 15 is 0 Å². The average molecular weight is 1120 g/mol. The van der Waals surface area contributed by atoms with Crippen LogP contribution < -0.4 is 5.32 Å². The number of carboxylic acids is 8. The summed E-state index contributed by atoms with van der Waals surface area (Å²) >= 11 is 4.92. The molecule has 1 aliphatic carbocycles. The molecule has 10 N–H and O–H groups in total. The number of carbonyl (C=O) groups is 9. The molecule has 0 unspecified atom stereocenters. The molecule has 1 saturated carbocycles. The van der Waals surface area contributed by atoms with Crippen molar-refractivity contribution in [2.24, 2.45) is 23.7 Å². The first kappa shape index (κ1) is 57.6. The molecule has 360 valence electrons. The molecule has 4 aromatic rings. The van der Waals surface area contributed by atoms with E-state index in [1.54, 1.807) is 35.6 Å². The fourth-order valence-electron chi connectivity index (χ4n) is 4.85. The van der Waals surface area contributed by atoms with Crippen molar-refractivity contribution >= 4 is 118 Å². The molecule has 30 heteroatoms. The minimum absolute atomic E-state index is 0.357. The third-order valence-electron chi connectivity index (χ3n) is 8.11. The van der Waals surface area contributed by atoms with Crippen molar-refractivity contribution < 1.29 is 119 Å². The van der Waals surface area contributed by atoms with Gasteiger partial charge >= 0.3 is 57.9 Å². The molecule has 2 aromatic carbocycles.